The van der Waals surface area contributed by atoms with Gasteiger partial charge in [0.15, 0.2) is 0 Å². The molecule has 0 spiro atoms. The molecule has 5 aromatic rings. The number of amides is 1. The lowest BCUT2D eigenvalue weighted by molar-refractivity contribution is -0.121. The number of H-pyrrole nitrogens is 1. The van der Waals surface area contributed by atoms with Crippen LogP contribution in [0.2, 0.25) is 0 Å². The SMILES string of the molecule is CN1CCC(C(=O)Nc2ccc3c(-c4ccn5ncc(-c6cnn(C)c6)c5c4)c[nH]c3n2)CC1. The lowest BCUT2D eigenvalue weighted by atomic mass is 9.96. The van der Waals surface area contributed by atoms with Gasteiger partial charge in [0.1, 0.15) is 11.5 Å². The Kier molecular flexibility index (Phi) is 4.91. The first-order chi connectivity index (χ1) is 16.5. The van der Waals surface area contributed by atoms with Gasteiger partial charge in [0.05, 0.1) is 17.9 Å². The Labute approximate surface area is 196 Å². The van der Waals surface area contributed by atoms with E-state index in [1.807, 2.05) is 60.7 Å². The number of rotatable bonds is 4. The van der Waals surface area contributed by atoms with Gasteiger partial charge < -0.3 is 15.2 Å². The summed E-state index contributed by atoms with van der Waals surface area (Å²) in [6, 6.07) is 8.07. The van der Waals surface area contributed by atoms with Gasteiger partial charge in [-0.15, -0.1) is 0 Å². The molecule has 0 radical (unpaired) electrons. The van der Waals surface area contributed by atoms with E-state index >= 15 is 0 Å². The molecule has 0 aliphatic carbocycles. The first kappa shape index (κ1) is 20.6. The molecule has 172 valence electrons. The second-order valence-corrected chi connectivity index (χ2v) is 9.07. The number of carbonyl (C=O) groups is 1. The van der Waals surface area contributed by atoms with Crippen LogP contribution in [0.5, 0.6) is 0 Å². The van der Waals surface area contributed by atoms with Gasteiger partial charge in [0.2, 0.25) is 5.91 Å². The van der Waals surface area contributed by atoms with Crippen LogP contribution in [0.25, 0.3) is 38.8 Å². The summed E-state index contributed by atoms with van der Waals surface area (Å²) in [4.78, 5) is 22.9. The second-order valence-electron chi connectivity index (χ2n) is 9.07. The van der Waals surface area contributed by atoms with E-state index in [9.17, 15) is 4.79 Å². The zero-order valence-electron chi connectivity index (χ0n) is 19.2. The molecule has 1 saturated heterocycles. The number of pyridine rings is 2. The van der Waals surface area contributed by atoms with Crippen molar-refractivity contribution in [3.05, 3.63) is 55.2 Å². The number of aromatic amines is 1. The average molecular weight is 455 g/mol. The number of hydrogen-bond donors (Lipinski definition) is 2. The molecule has 6 heterocycles. The minimum Gasteiger partial charge on any atom is -0.345 e. The third-order valence-corrected chi connectivity index (χ3v) is 6.73. The number of piperidine rings is 1. The van der Waals surface area contributed by atoms with Gasteiger partial charge in [-0.25, -0.2) is 9.50 Å². The van der Waals surface area contributed by atoms with Crippen molar-refractivity contribution in [2.45, 2.75) is 12.8 Å². The van der Waals surface area contributed by atoms with E-state index in [4.69, 9.17) is 0 Å². The van der Waals surface area contributed by atoms with Gasteiger partial charge >= 0.3 is 0 Å². The molecule has 34 heavy (non-hydrogen) atoms. The highest BCUT2D eigenvalue weighted by atomic mass is 16.1. The molecule has 0 atom stereocenters. The van der Waals surface area contributed by atoms with Crippen molar-refractivity contribution in [1.29, 1.82) is 0 Å². The molecule has 0 aromatic carbocycles. The van der Waals surface area contributed by atoms with Crippen LogP contribution in [0.4, 0.5) is 5.82 Å². The monoisotopic (exact) mass is 454 g/mol. The third kappa shape index (κ3) is 3.63. The Bertz CT molecular complexity index is 1500. The Hall–Kier alpha value is -3.98. The van der Waals surface area contributed by atoms with Crippen LogP contribution in [0.3, 0.4) is 0 Å². The van der Waals surface area contributed by atoms with Gasteiger partial charge in [0, 0.05) is 53.6 Å². The Morgan fingerprint density at radius 1 is 1.06 bits per heavy atom. The maximum absolute atomic E-state index is 12.7. The zero-order chi connectivity index (χ0) is 23.2. The van der Waals surface area contributed by atoms with E-state index in [2.05, 4.69) is 43.5 Å². The predicted molar refractivity (Wildman–Crippen MR) is 131 cm³/mol. The van der Waals surface area contributed by atoms with Crippen LogP contribution >= 0.6 is 0 Å². The summed E-state index contributed by atoms with van der Waals surface area (Å²) in [6.45, 7) is 1.91. The van der Waals surface area contributed by atoms with E-state index in [1.54, 1.807) is 4.68 Å². The van der Waals surface area contributed by atoms with Crippen molar-refractivity contribution < 1.29 is 4.79 Å². The number of anilines is 1. The van der Waals surface area contributed by atoms with Crippen molar-refractivity contribution in [2.24, 2.45) is 13.0 Å². The van der Waals surface area contributed by atoms with Gasteiger partial charge in [-0.2, -0.15) is 10.2 Å². The summed E-state index contributed by atoms with van der Waals surface area (Å²) >= 11 is 0. The molecule has 1 aliphatic heterocycles. The minimum atomic E-state index is 0.0456. The first-order valence-corrected chi connectivity index (χ1v) is 11.5. The number of nitrogens with zero attached hydrogens (tertiary/aromatic N) is 6. The highest BCUT2D eigenvalue weighted by Crippen LogP contribution is 2.32. The summed E-state index contributed by atoms with van der Waals surface area (Å²) in [5.41, 5.74) is 5.93. The molecule has 9 heteroatoms. The predicted octanol–water partition coefficient (Wildman–Crippen LogP) is 3.56. The maximum atomic E-state index is 12.7. The number of nitrogens with one attached hydrogen (secondary N) is 2. The number of likely N-dealkylation sites (tertiary alicyclic amines) is 1. The fourth-order valence-electron chi connectivity index (χ4n) is 4.74. The molecule has 0 bridgehead atoms. The van der Waals surface area contributed by atoms with Gasteiger partial charge in [-0.05, 0) is 62.8 Å². The summed E-state index contributed by atoms with van der Waals surface area (Å²) < 4.78 is 3.66. The summed E-state index contributed by atoms with van der Waals surface area (Å²) in [5, 5.41) is 12.8. The standard InChI is InChI=1S/C25H26N8O/c1-31-8-5-16(6-9-31)25(34)30-23-4-3-19-20(13-26-24(19)29-23)17-7-10-33-22(11-17)21(14-28-33)18-12-27-32(2)15-18/h3-4,7,10-16H,5-6,8-9H2,1-2H3,(H2,26,29,30,34). The van der Waals surface area contributed by atoms with Crippen LogP contribution in [0, 0.1) is 5.92 Å². The maximum Gasteiger partial charge on any atom is 0.228 e. The molecular weight excluding hydrogens is 428 g/mol. The molecule has 1 amide bonds. The summed E-state index contributed by atoms with van der Waals surface area (Å²) in [5.74, 6) is 0.681. The van der Waals surface area contributed by atoms with Gasteiger partial charge in [-0.3, -0.25) is 9.48 Å². The van der Waals surface area contributed by atoms with E-state index in [0.717, 1.165) is 64.7 Å². The molecule has 0 unspecified atom stereocenters. The highest BCUT2D eigenvalue weighted by molar-refractivity contribution is 5.97. The molecule has 2 N–H and O–H groups in total. The quantitative estimate of drug-likeness (QED) is 0.433. The van der Waals surface area contributed by atoms with Crippen molar-refractivity contribution in [3.8, 4) is 22.3 Å². The smallest absolute Gasteiger partial charge is 0.228 e. The van der Waals surface area contributed by atoms with Crippen LogP contribution in [-0.4, -0.2) is 60.3 Å². The molecular formula is C25H26N8O. The summed E-state index contributed by atoms with van der Waals surface area (Å²) in [7, 11) is 4.00. The van der Waals surface area contributed by atoms with Crippen LogP contribution in [-0.2, 0) is 11.8 Å². The van der Waals surface area contributed by atoms with Crippen molar-refractivity contribution in [1.82, 2.24) is 34.3 Å². The highest BCUT2D eigenvalue weighted by Gasteiger charge is 2.23. The zero-order valence-corrected chi connectivity index (χ0v) is 19.2. The molecule has 9 nitrogen and oxygen atoms in total. The van der Waals surface area contributed by atoms with Gasteiger partial charge in [0.25, 0.3) is 0 Å². The van der Waals surface area contributed by atoms with E-state index < -0.39 is 0 Å². The molecule has 5 aromatic heterocycles. The third-order valence-electron chi connectivity index (χ3n) is 6.73. The number of aryl methyl sites for hydroxylation is 1. The Balaban J connectivity index is 1.29. The first-order valence-electron chi connectivity index (χ1n) is 11.5. The van der Waals surface area contributed by atoms with Crippen LogP contribution in [0.15, 0.2) is 55.2 Å². The van der Waals surface area contributed by atoms with Crippen molar-refractivity contribution in [3.63, 3.8) is 0 Å². The molecule has 6 rings (SSSR count). The number of hydrogen-bond acceptors (Lipinski definition) is 5. The Morgan fingerprint density at radius 3 is 2.71 bits per heavy atom. The lowest BCUT2D eigenvalue weighted by Gasteiger charge is -2.27. The topological polar surface area (TPSA) is 96.1 Å². The number of aromatic nitrogens is 6. The average Bonchev–Trinajstić information content (AvgIpc) is 3.56. The largest absolute Gasteiger partial charge is 0.345 e. The lowest BCUT2D eigenvalue weighted by Crippen LogP contribution is -2.36. The molecule has 1 aliphatic rings. The molecule has 0 saturated carbocycles. The number of carbonyl (C=O) groups excluding carboxylic acids is 1. The Morgan fingerprint density at radius 2 is 1.91 bits per heavy atom. The van der Waals surface area contributed by atoms with Crippen LogP contribution in [0.1, 0.15) is 12.8 Å². The summed E-state index contributed by atoms with van der Waals surface area (Å²) in [6.07, 6.45) is 11.4. The second kappa shape index (κ2) is 8.11. The normalized spacial score (nSPS) is 15.4. The molecule has 1 fully saturated rings. The fraction of sp³-hybridized carbons (Fsp3) is 0.280. The minimum absolute atomic E-state index is 0.0456. The van der Waals surface area contributed by atoms with E-state index in [0.29, 0.717) is 5.82 Å². The van der Waals surface area contributed by atoms with E-state index in [-0.39, 0.29) is 11.8 Å². The van der Waals surface area contributed by atoms with Crippen molar-refractivity contribution >= 4 is 28.3 Å². The van der Waals surface area contributed by atoms with Gasteiger partial charge in [-0.1, -0.05) is 0 Å². The van der Waals surface area contributed by atoms with Crippen molar-refractivity contribution in [2.75, 3.05) is 25.5 Å². The van der Waals surface area contributed by atoms with E-state index in [1.165, 1.54) is 0 Å². The number of fused-ring (bicyclic) bond motifs is 2. The van der Waals surface area contributed by atoms with Crippen LogP contribution < -0.4 is 5.32 Å². The fourth-order valence-corrected chi connectivity index (χ4v) is 4.74.